The summed E-state index contributed by atoms with van der Waals surface area (Å²) < 4.78 is 74.4. The molecule has 4 heterocycles. The van der Waals surface area contributed by atoms with Gasteiger partial charge in [0.15, 0.2) is 25.0 Å². The van der Waals surface area contributed by atoms with E-state index in [0.29, 0.717) is 5.39 Å². The summed E-state index contributed by atoms with van der Waals surface area (Å²) in [4.78, 5) is -0.274. The van der Waals surface area contributed by atoms with Crippen molar-refractivity contribution in [2.75, 3.05) is 33.0 Å². The number of ether oxygens (including phenoxy) is 7. The van der Waals surface area contributed by atoms with Gasteiger partial charge in [0.05, 0.1) is 33.0 Å². The fourth-order valence-corrected chi connectivity index (χ4v) is 8.50. The molecule has 19 atom stereocenters. The van der Waals surface area contributed by atoms with Crippen molar-refractivity contribution in [3.05, 3.63) is 42.5 Å². The van der Waals surface area contributed by atoms with E-state index in [9.17, 15) is 69.7 Å². The van der Waals surface area contributed by atoms with Crippen LogP contribution < -0.4 is 0 Å². The Kier molecular flexibility index (Phi) is 14.5. The molecule has 0 aromatic heterocycles. The number of aliphatic hydroxyl groups excluding tert-OH is 12. The largest absolute Gasteiger partial charge is 0.394 e. The molecular weight excluding hydrogens is 792 g/mol. The van der Waals surface area contributed by atoms with Crippen LogP contribution in [0.3, 0.4) is 0 Å². The summed E-state index contributed by atoms with van der Waals surface area (Å²) >= 11 is 0. The van der Waals surface area contributed by atoms with Crippen LogP contribution >= 0.6 is 0 Å². The average molecular weight is 841 g/mol. The molecule has 6 rings (SSSR count). The Hall–Kier alpha value is -2.15. The fourth-order valence-electron chi connectivity index (χ4n) is 7.20. The third-order valence-electron chi connectivity index (χ3n) is 10.3. The van der Waals surface area contributed by atoms with Gasteiger partial charge in [-0.3, -0.25) is 4.18 Å². The van der Waals surface area contributed by atoms with Gasteiger partial charge in [-0.2, -0.15) is 8.42 Å². The van der Waals surface area contributed by atoms with E-state index in [2.05, 4.69) is 0 Å². The van der Waals surface area contributed by atoms with E-state index in [-0.39, 0.29) is 16.9 Å². The topological polar surface area (TPSA) is 351 Å². The molecule has 57 heavy (non-hydrogen) atoms. The van der Waals surface area contributed by atoms with Crippen LogP contribution in [0.15, 0.2) is 47.4 Å². The maximum absolute atomic E-state index is 14.1. The highest BCUT2D eigenvalue weighted by molar-refractivity contribution is 7.87. The Morgan fingerprint density at radius 2 is 1.30 bits per heavy atom. The van der Waals surface area contributed by atoms with Crippen LogP contribution in [0.4, 0.5) is 0 Å². The molecule has 4 aliphatic rings. The van der Waals surface area contributed by atoms with Gasteiger partial charge in [-0.15, -0.1) is 0 Å². The number of hydrogen-bond acceptors (Lipinski definition) is 22. The SMILES string of the molecule is O=S(=O)(O[C@H]1[C@@H](O[C@H]2[C@H](O)[C@@H](O)[C@@H](O[C@@H]([C@H](O)[C@@H](O)CO)[C@H](O)CO)O[C@@H]2CO)O[C@@H]2CO[C@H]1[C@@H]2O[C@H]1O[C@H](CO)[C@@H](O)[C@H](O)[C@H]1O)c1cccc2ccccc12. The van der Waals surface area contributed by atoms with E-state index in [1.54, 1.807) is 30.3 Å². The molecule has 2 aromatic carbocycles. The van der Waals surface area contributed by atoms with E-state index >= 15 is 0 Å². The molecule has 0 saturated carbocycles. The number of aliphatic hydroxyl groups is 12. The third-order valence-corrected chi connectivity index (χ3v) is 11.7. The van der Waals surface area contributed by atoms with Crippen molar-refractivity contribution >= 4 is 20.9 Å². The maximum Gasteiger partial charge on any atom is 0.298 e. The summed E-state index contributed by atoms with van der Waals surface area (Å²) in [6, 6.07) is 10.9. The highest BCUT2D eigenvalue weighted by Gasteiger charge is 2.59. The predicted octanol–water partition coefficient (Wildman–Crippen LogP) is -6.50. The van der Waals surface area contributed by atoms with Crippen LogP contribution in [0.5, 0.6) is 0 Å². The first-order valence-electron chi connectivity index (χ1n) is 18.0. The molecule has 0 radical (unpaired) electrons. The second-order valence-corrected chi connectivity index (χ2v) is 15.6. The van der Waals surface area contributed by atoms with Gasteiger partial charge in [0.1, 0.15) is 96.5 Å². The second kappa shape index (κ2) is 18.6. The molecule has 322 valence electrons. The normalized spacial score (nSPS) is 39.5. The molecule has 0 unspecified atom stereocenters. The monoisotopic (exact) mass is 840 g/mol. The van der Waals surface area contributed by atoms with Crippen molar-refractivity contribution in [2.45, 2.75) is 121 Å². The van der Waals surface area contributed by atoms with E-state index in [1.807, 2.05) is 0 Å². The van der Waals surface area contributed by atoms with E-state index in [4.69, 9.17) is 37.3 Å². The van der Waals surface area contributed by atoms with Crippen molar-refractivity contribution in [2.24, 2.45) is 0 Å². The van der Waals surface area contributed by atoms with Gasteiger partial charge in [0.2, 0.25) is 0 Å². The Bertz CT molecular complexity index is 1710. The number of hydrogen-bond donors (Lipinski definition) is 12. The molecular formula is C34H48O22S. The minimum atomic E-state index is -4.78. The number of rotatable bonds is 16. The van der Waals surface area contributed by atoms with E-state index in [0.717, 1.165) is 0 Å². The maximum atomic E-state index is 14.1. The van der Waals surface area contributed by atoms with Crippen LogP contribution in [0.2, 0.25) is 0 Å². The van der Waals surface area contributed by atoms with Gasteiger partial charge in [-0.05, 0) is 11.5 Å². The quantitative estimate of drug-likeness (QED) is 0.0699. The van der Waals surface area contributed by atoms with Crippen molar-refractivity contribution in [3.8, 4) is 0 Å². The minimum absolute atomic E-state index is 0.274. The average Bonchev–Trinajstić information content (AvgIpc) is 3.51. The molecule has 4 aliphatic heterocycles. The Balaban J connectivity index is 1.28. The first-order chi connectivity index (χ1) is 27.1. The second-order valence-electron chi connectivity index (χ2n) is 14.0. The Labute approximate surface area is 324 Å². The molecule has 2 aromatic rings. The summed E-state index contributed by atoms with van der Waals surface area (Å²) in [6.07, 6.45) is -33.3. The molecule has 12 N–H and O–H groups in total. The van der Waals surface area contributed by atoms with Crippen LogP contribution in [-0.2, 0) is 47.5 Å². The van der Waals surface area contributed by atoms with Crippen molar-refractivity contribution < 1.29 is 107 Å². The Morgan fingerprint density at radius 3 is 1.98 bits per heavy atom. The van der Waals surface area contributed by atoms with Gasteiger partial charge in [-0.1, -0.05) is 36.4 Å². The van der Waals surface area contributed by atoms with Gasteiger partial charge < -0.3 is 94.4 Å². The van der Waals surface area contributed by atoms with E-state index < -0.39 is 153 Å². The molecule has 0 spiro atoms. The zero-order valence-electron chi connectivity index (χ0n) is 29.9. The van der Waals surface area contributed by atoms with Gasteiger partial charge in [-0.25, -0.2) is 0 Å². The van der Waals surface area contributed by atoms with Crippen LogP contribution in [0.25, 0.3) is 10.8 Å². The third kappa shape index (κ3) is 9.00. The van der Waals surface area contributed by atoms with E-state index in [1.165, 1.54) is 12.1 Å². The van der Waals surface area contributed by atoms with Crippen LogP contribution in [-0.4, -0.2) is 219 Å². The minimum Gasteiger partial charge on any atom is -0.394 e. The summed E-state index contributed by atoms with van der Waals surface area (Å²) in [5.41, 5.74) is 0. The zero-order valence-corrected chi connectivity index (χ0v) is 30.7. The lowest BCUT2D eigenvalue weighted by Gasteiger charge is -2.47. The van der Waals surface area contributed by atoms with Crippen LogP contribution in [0, 0.1) is 0 Å². The van der Waals surface area contributed by atoms with Crippen molar-refractivity contribution in [3.63, 3.8) is 0 Å². The first kappa shape index (κ1) is 44.4. The fraction of sp³-hybridized carbons (Fsp3) is 0.706. The zero-order chi connectivity index (χ0) is 41.3. The summed E-state index contributed by atoms with van der Waals surface area (Å²) in [5.74, 6) is 0. The lowest BCUT2D eigenvalue weighted by atomic mass is 9.97. The molecule has 23 heteroatoms. The predicted molar refractivity (Wildman–Crippen MR) is 183 cm³/mol. The standard InChI is InChI=1S/C34H48O22S/c35-8-15(39)21(41)27(16(40)9-36)53-33-26(46)24(44)28(18(11-38)51-33)54-34-31(56-57(47,48)20-7-3-5-13-4-1-2-6-14(13)20)30-29(19(52-34)12-49-30)55-32-25(45)23(43)22(42)17(10-37)50-32/h1-7,15-19,21-46H,8-12H2/t15-,16+,17+,18+,19+,21+,22+,23-,24+,25+,26+,27+,28+,29+,30-,31+,32+,33+,34+/m0/s1. The number of benzene rings is 2. The Morgan fingerprint density at radius 1 is 0.667 bits per heavy atom. The van der Waals surface area contributed by atoms with Crippen molar-refractivity contribution in [1.82, 2.24) is 0 Å². The smallest absolute Gasteiger partial charge is 0.298 e. The van der Waals surface area contributed by atoms with Gasteiger partial charge >= 0.3 is 0 Å². The lowest BCUT2D eigenvalue weighted by Crippen LogP contribution is -2.65. The molecule has 4 fully saturated rings. The summed E-state index contributed by atoms with van der Waals surface area (Å²) in [5, 5.41) is 124. The highest BCUT2D eigenvalue weighted by Crippen LogP contribution is 2.40. The lowest BCUT2D eigenvalue weighted by molar-refractivity contribution is -0.367. The van der Waals surface area contributed by atoms with Crippen molar-refractivity contribution in [1.29, 1.82) is 0 Å². The molecule has 0 aliphatic carbocycles. The van der Waals surface area contributed by atoms with Gasteiger partial charge in [0, 0.05) is 5.39 Å². The van der Waals surface area contributed by atoms with Gasteiger partial charge in [0.25, 0.3) is 10.1 Å². The molecule has 4 saturated heterocycles. The molecule has 22 nitrogen and oxygen atoms in total. The summed E-state index contributed by atoms with van der Waals surface area (Å²) in [6.45, 7) is -4.05. The number of fused-ring (bicyclic) bond motifs is 3. The molecule has 0 amide bonds. The molecule has 2 bridgehead atoms. The van der Waals surface area contributed by atoms with Crippen LogP contribution in [0.1, 0.15) is 0 Å². The summed E-state index contributed by atoms with van der Waals surface area (Å²) in [7, 11) is -4.78. The highest BCUT2D eigenvalue weighted by atomic mass is 32.2. The first-order valence-corrected chi connectivity index (χ1v) is 19.4.